The van der Waals surface area contributed by atoms with Crippen LogP contribution in [0.5, 0.6) is 11.5 Å². The Morgan fingerprint density at radius 2 is 1.57 bits per heavy atom. The second-order valence-corrected chi connectivity index (χ2v) is 12.3. The Morgan fingerprint density at radius 3 is 2.17 bits per heavy atom. The average Bonchev–Trinajstić information content (AvgIpc) is 2.99. The van der Waals surface area contributed by atoms with Crippen LogP contribution in [0, 0.1) is 5.92 Å². The molecule has 0 fully saturated rings. The van der Waals surface area contributed by atoms with E-state index in [1.165, 1.54) is 43.4 Å². The smallest absolute Gasteiger partial charge is 0.264 e. The van der Waals surface area contributed by atoms with Crippen molar-refractivity contribution in [1.82, 2.24) is 10.2 Å². The molecule has 0 saturated heterocycles. The van der Waals surface area contributed by atoms with Gasteiger partial charge in [0.15, 0.2) is 0 Å². The standard InChI is InChI=1S/C31H38ClN3O6S/c1-6-27(31(37)33-19-22(2)3)34(20-23-11-7-8-12-26(23)32)30(36)21-35(28-13-9-10-14-29(28)41-5)42(38,39)25-17-15-24(40-4)16-18-25/h7-18,22,27H,6,19-21H2,1-5H3,(H,33,37)/t27-/m1/s1. The van der Waals surface area contributed by atoms with Gasteiger partial charge in [-0.15, -0.1) is 0 Å². The maximum Gasteiger partial charge on any atom is 0.264 e. The van der Waals surface area contributed by atoms with E-state index in [9.17, 15) is 18.0 Å². The molecule has 2 amide bonds. The molecule has 0 radical (unpaired) electrons. The summed E-state index contributed by atoms with van der Waals surface area (Å²) in [5.74, 6) is 0.0486. The van der Waals surface area contributed by atoms with Gasteiger partial charge < -0.3 is 19.7 Å². The van der Waals surface area contributed by atoms with Gasteiger partial charge in [0.05, 0.1) is 24.8 Å². The Kier molecular flexibility index (Phi) is 11.6. The second-order valence-electron chi connectivity index (χ2n) is 10.0. The predicted octanol–water partition coefficient (Wildman–Crippen LogP) is 5.13. The van der Waals surface area contributed by atoms with Gasteiger partial charge in [0.25, 0.3) is 10.0 Å². The van der Waals surface area contributed by atoms with Crippen molar-refractivity contribution in [2.24, 2.45) is 5.92 Å². The number of sulfonamides is 1. The third-order valence-corrected chi connectivity index (χ3v) is 8.79. The van der Waals surface area contributed by atoms with E-state index in [2.05, 4.69) is 5.32 Å². The molecule has 42 heavy (non-hydrogen) atoms. The van der Waals surface area contributed by atoms with Crippen molar-refractivity contribution in [1.29, 1.82) is 0 Å². The highest BCUT2D eigenvalue weighted by Crippen LogP contribution is 2.33. The zero-order valence-corrected chi connectivity index (χ0v) is 26.1. The quantitative estimate of drug-likeness (QED) is 0.270. The van der Waals surface area contributed by atoms with E-state index >= 15 is 0 Å². The Morgan fingerprint density at radius 1 is 0.929 bits per heavy atom. The van der Waals surface area contributed by atoms with Crippen LogP contribution in [0.1, 0.15) is 32.8 Å². The maximum absolute atomic E-state index is 14.2. The summed E-state index contributed by atoms with van der Waals surface area (Å²) in [6, 6.07) is 18.6. The molecule has 0 saturated carbocycles. The van der Waals surface area contributed by atoms with Gasteiger partial charge in [-0.25, -0.2) is 8.42 Å². The summed E-state index contributed by atoms with van der Waals surface area (Å²) in [6.45, 7) is 5.61. The summed E-state index contributed by atoms with van der Waals surface area (Å²) in [6.07, 6.45) is 0.306. The fourth-order valence-corrected chi connectivity index (χ4v) is 6.00. The van der Waals surface area contributed by atoms with E-state index in [0.29, 0.717) is 29.3 Å². The number of amides is 2. The highest BCUT2D eigenvalue weighted by atomic mass is 35.5. The van der Waals surface area contributed by atoms with E-state index in [4.69, 9.17) is 21.1 Å². The first-order chi connectivity index (χ1) is 20.0. The van der Waals surface area contributed by atoms with Crippen molar-refractivity contribution in [3.8, 4) is 11.5 Å². The number of hydrogen-bond acceptors (Lipinski definition) is 6. The third kappa shape index (κ3) is 7.95. The summed E-state index contributed by atoms with van der Waals surface area (Å²) in [5.41, 5.74) is 0.809. The van der Waals surface area contributed by atoms with E-state index < -0.39 is 28.5 Å². The molecule has 0 aliphatic carbocycles. The highest BCUT2D eigenvalue weighted by molar-refractivity contribution is 7.92. The first-order valence-corrected chi connectivity index (χ1v) is 15.5. The molecule has 3 rings (SSSR count). The minimum atomic E-state index is -4.27. The Bertz CT molecular complexity index is 1460. The summed E-state index contributed by atoms with van der Waals surface area (Å²) in [4.78, 5) is 28.9. The molecular weight excluding hydrogens is 578 g/mol. The van der Waals surface area contributed by atoms with Crippen LogP contribution in [0.2, 0.25) is 5.02 Å². The van der Waals surface area contributed by atoms with Gasteiger partial charge in [-0.05, 0) is 60.4 Å². The molecule has 9 nitrogen and oxygen atoms in total. The number of benzene rings is 3. The van der Waals surface area contributed by atoms with Crippen LogP contribution in [-0.4, -0.2) is 58.5 Å². The van der Waals surface area contributed by atoms with Crippen molar-refractivity contribution in [2.45, 2.75) is 44.7 Å². The van der Waals surface area contributed by atoms with Crippen LogP contribution in [0.25, 0.3) is 0 Å². The maximum atomic E-state index is 14.2. The Labute approximate surface area is 253 Å². The van der Waals surface area contributed by atoms with Crippen LogP contribution in [-0.2, 0) is 26.2 Å². The largest absolute Gasteiger partial charge is 0.497 e. The molecule has 1 atom stereocenters. The molecule has 3 aromatic carbocycles. The second kappa shape index (κ2) is 14.9. The molecule has 11 heteroatoms. The number of hydrogen-bond donors (Lipinski definition) is 1. The van der Waals surface area contributed by atoms with Gasteiger partial charge in [0.2, 0.25) is 11.8 Å². The molecule has 0 heterocycles. The average molecular weight is 616 g/mol. The first kappa shape index (κ1) is 32.8. The first-order valence-electron chi connectivity index (χ1n) is 13.6. The van der Waals surface area contributed by atoms with Crippen LogP contribution in [0.4, 0.5) is 5.69 Å². The van der Waals surface area contributed by atoms with E-state index in [1.54, 1.807) is 55.5 Å². The fourth-order valence-electron chi connectivity index (χ4n) is 4.38. The SMILES string of the molecule is CC[C@H](C(=O)NCC(C)C)N(Cc1ccccc1Cl)C(=O)CN(c1ccccc1OC)S(=O)(=O)c1ccc(OC)cc1. The van der Waals surface area contributed by atoms with E-state index in [-0.39, 0.29) is 34.7 Å². The molecule has 0 spiro atoms. The van der Waals surface area contributed by atoms with Gasteiger partial charge >= 0.3 is 0 Å². The number of methoxy groups -OCH3 is 2. The minimum Gasteiger partial charge on any atom is -0.497 e. The minimum absolute atomic E-state index is 0.00839. The number of rotatable bonds is 14. The monoisotopic (exact) mass is 615 g/mol. The van der Waals surface area contributed by atoms with E-state index in [0.717, 1.165) is 4.31 Å². The molecular formula is C31H38ClN3O6S. The number of nitrogens with zero attached hydrogens (tertiary/aromatic N) is 2. The molecule has 3 aromatic rings. The van der Waals surface area contributed by atoms with Crippen molar-refractivity contribution in [2.75, 3.05) is 31.6 Å². The molecule has 0 aromatic heterocycles. The predicted molar refractivity (Wildman–Crippen MR) is 164 cm³/mol. The van der Waals surface area contributed by atoms with Crippen molar-refractivity contribution >= 4 is 39.1 Å². The van der Waals surface area contributed by atoms with Gasteiger partial charge in [-0.1, -0.05) is 62.7 Å². The zero-order chi connectivity index (χ0) is 30.9. The highest BCUT2D eigenvalue weighted by Gasteiger charge is 2.35. The number of ether oxygens (including phenoxy) is 2. The lowest BCUT2D eigenvalue weighted by Gasteiger charge is -2.33. The molecule has 1 N–H and O–H groups in total. The number of nitrogens with one attached hydrogen (secondary N) is 1. The van der Waals surface area contributed by atoms with Gasteiger partial charge in [-0.2, -0.15) is 0 Å². The van der Waals surface area contributed by atoms with Crippen LogP contribution < -0.4 is 19.1 Å². The van der Waals surface area contributed by atoms with Gasteiger partial charge in [0, 0.05) is 18.1 Å². The lowest BCUT2D eigenvalue weighted by Crippen LogP contribution is -2.52. The van der Waals surface area contributed by atoms with Crippen LogP contribution >= 0.6 is 11.6 Å². The molecule has 226 valence electrons. The van der Waals surface area contributed by atoms with Crippen molar-refractivity contribution in [3.63, 3.8) is 0 Å². The fraction of sp³-hybridized carbons (Fsp3) is 0.355. The lowest BCUT2D eigenvalue weighted by atomic mass is 10.1. The number of halogens is 1. The summed E-state index contributed by atoms with van der Waals surface area (Å²) in [5, 5.41) is 3.34. The van der Waals surface area contributed by atoms with Crippen LogP contribution in [0.3, 0.4) is 0 Å². The molecule has 0 aliphatic rings. The number of para-hydroxylation sites is 2. The van der Waals surface area contributed by atoms with Crippen molar-refractivity contribution in [3.05, 3.63) is 83.4 Å². The number of carbonyl (C=O) groups excluding carboxylic acids is 2. The molecule has 0 aliphatic heterocycles. The topological polar surface area (TPSA) is 105 Å². The lowest BCUT2D eigenvalue weighted by molar-refractivity contribution is -0.140. The van der Waals surface area contributed by atoms with E-state index in [1.807, 2.05) is 13.8 Å². The van der Waals surface area contributed by atoms with Gasteiger partial charge in [0.1, 0.15) is 24.1 Å². The Hall–Kier alpha value is -3.76. The normalized spacial score (nSPS) is 12.0. The summed E-state index contributed by atoms with van der Waals surface area (Å²) >= 11 is 6.45. The number of carbonyl (C=O) groups is 2. The van der Waals surface area contributed by atoms with Crippen LogP contribution in [0.15, 0.2) is 77.7 Å². The zero-order valence-electron chi connectivity index (χ0n) is 24.5. The van der Waals surface area contributed by atoms with Crippen molar-refractivity contribution < 1.29 is 27.5 Å². The third-order valence-electron chi connectivity index (χ3n) is 6.65. The molecule has 0 unspecified atom stereocenters. The summed E-state index contributed by atoms with van der Waals surface area (Å²) in [7, 11) is -1.36. The van der Waals surface area contributed by atoms with Gasteiger partial charge in [-0.3, -0.25) is 13.9 Å². The Balaban J connectivity index is 2.10. The summed E-state index contributed by atoms with van der Waals surface area (Å²) < 4.78 is 39.8. The number of anilines is 1. The molecule has 0 bridgehead atoms.